The van der Waals surface area contributed by atoms with Crippen LogP contribution >= 0.6 is 11.3 Å². The summed E-state index contributed by atoms with van der Waals surface area (Å²) >= 11 is 1.55. The number of carbonyl (C=O) groups excluding carboxylic acids is 1. The number of amides is 1. The third-order valence-electron chi connectivity index (χ3n) is 6.72. The number of para-hydroxylation sites is 1. The lowest BCUT2D eigenvalue weighted by molar-refractivity contribution is -0.0440. The molecule has 0 aliphatic carbocycles. The van der Waals surface area contributed by atoms with E-state index in [1.165, 1.54) is 16.4 Å². The molecule has 1 aromatic heterocycles. The van der Waals surface area contributed by atoms with Crippen LogP contribution in [0.25, 0.3) is 10.2 Å². The van der Waals surface area contributed by atoms with Crippen LogP contribution in [0.4, 0.5) is 0 Å². The van der Waals surface area contributed by atoms with Crippen LogP contribution in [0.2, 0.25) is 0 Å². The molecule has 2 fully saturated rings. The highest BCUT2D eigenvalue weighted by Gasteiger charge is 2.32. The highest BCUT2D eigenvalue weighted by atomic mass is 32.2. The summed E-state index contributed by atoms with van der Waals surface area (Å²) in [6.07, 6.45) is 1.15. The van der Waals surface area contributed by atoms with Crippen molar-refractivity contribution >= 4 is 37.5 Å². The molecule has 3 aromatic rings. The van der Waals surface area contributed by atoms with Crippen LogP contribution in [-0.2, 0) is 14.8 Å². The molecule has 0 spiro atoms. The Morgan fingerprint density at radius 2 is 1.72 bits per heavy atom. The predicted molar refractivity (Wildman–Crippen MR) is 139 cm³/mol. The average Bonchev–Trinajstić information content (AvgIpc) is 3.27. The number of aromatic nitrogens is 1. The average molecular weight is 530 g/mol. The minimum absolute atomic E-state index is 0.0146. The first-order valence-corrected chi connectivity index (χ1v) is 14.5. The molecule has 192 valence electrons. The van der Waals surface area contributed by atoms with Crippen molar-refractivity contribution in [2.24, 2.45) is 0 Å². The first kappa shape index (κ1) is 25.1. The summed E-state index contributed by atoms with van der Waals surface area (Å²) in [5.74, 6) is -0.0957. The number of ether oxygens (including phenoxy) is 2. The number of piperidine rings is 1. The molecule has 10 heteroatoms. The van der Waals surface area contributed by atoms with Gasteiger partial charge in [0, 0.05) is 44.6 Å². The van der Waals surface area contributed by atoms with Crippen molar-refractivity contribution in [2.75, 3.05) is 26.2 Å². The standard InChI is InChI=1S/C26H31N3O5S2/c1-17-5-4-6-23-24(17)27-26(35-23)34-21-11-13-28(14-12-21)25(30)20-7-9-22(10-8-20)36(31,32)29-15-18(2)33-19(3)16-29/h4-10,18-19,21H,11-16H2,1-3H3. The number of likely N-dealkylation sites (tertiary alicyclic amines) is 1. The lowest BCUT2D eigenvalue weighted by Crippen LogP contribution is -2.48. The van der Waals surface area contributed by atoms with Crippen molar-refractivity contribution in [1.82, 2.24) is 14.2 Å². The predicted octanol–water partition coefficient (Wildman–Crippen LogP) is 4.09. The maximum atomic E-state index is 13.1. The van der Waals surface area contributed by atoms with Crippen molar-refractivity contribution in [3.05, 3.63) is 53.6 Å². The summed E-state index contributed by atoms with van der Waals surface area (Å²) in [6.45, 7) is 7.58. The zero-order chi connectivity index (χ0) is 25.4. The lowest BCUT2D eigenvalue weighted by atomic mass is 10.1. The number of nitrogens with zero attached hydrogens (tertiary/aromatic N) is 3. The molecule has 0 N–H and O–H groups in total. The van der Waals surface area contributed by atoms with Gasteiger partial charge in [0.25, 0.3) is 11.1 Å². The van der Waals surface area contributed by atoms with Crippen molar-refractivity contribution in [2.45, 2.75) is 56.8 Å². The summed E-state index contributed by atoms with van der Waals surface area (Å²) in [7, 11) is -3.64. The number of hydrogen-bond acceptors (Lipinski definition) is 7. The second kappa shape index (κ2) is 10.1. The number of sulfonamides is 1. The second-order valence-corrected chi connectivity index (χ2v) is 12.5. The number of benzene rings is 2. The monoisotopic (exact) mass is 529 g/mol. The number of aryl methyl sites for hydroxylation is 1. The van der Waals surface area contributed by atoms with Crippen LogP contribution < -0.4 is 4.74 Å². The molecule has 36 heavy (non-hydrogen) atoms. The summed E-state index contributed by atoms with van der Waals surface area (Å²) in [5.41, 5.74) is 2.60. The minimum Gasteiger partial charge on any atom is -0.467 e. The van der Waals surface area contributed by atoms with E-state index in [0.717, 1.165) is 28.6 Å². The van der Waals surface area contributed by atoms with Crippen LogP contribution in [-0.4, -0.2) is 73.0 Å². The summed E-state index contributed by atoms with van der Waals surface area (Å²) < 4.78 is 40.5. The summed E-state index contributed by atoms with van der Waals surface area (Å²) in [6, 6.07) is 12.4. The van der Waals surface area contributed by atoms with Gasteiger partial charge in [0.05, 0.1) is 27.3 Å². The molecule has 5 rings (SSSR count). The Morgan fingerprint density at radius 3 is 2.36 bits per heavy atom. The van der Waals surface area contributed by atoms with E-state index < -0.39 is 10.0 Å². The third kappa shape index (κ3) is 5.13. The van der Waals surface area contributed by atoms with Gasteiger partial charge >= 0.3 is 0 Å². The number of morpholine rings is 1. The fourth-order valence-corrected chi connectivity index (χ4v) is 7.41. The van der Waals surface area contributed by atoms with Crippen LogP contribution in [0.3, 0.4) is 0 Å². The number of carbonyl (C=O) groups is 1. The van der Waals surface area contributed by atoms with E-state index >= 15 is 0 Å². The van der Waals surface area contributed by atoms with Gasteiger partial charge in [-0.15, -0.1) is 0 Å². The van der Waals surface area contributed by atoms with Gasteiger partial charge in [-0.05, 0) is 56.7 Å². The van der Waals surface area contributed by atoms with Crippen LogP contribution in [0.15, 0.2) is 47.4 Å². The summed E-state index contributed by atoms with van der Waals surface area (Å²) in [5, 5.41) is 0.671. The van der Waals surface area contributed by atoms with Crippen LogP contribution in [0, 0.1) is 6.92 Å². The molecular weight excluding hydrogens is 498 g/mol. The van der Waals surface area contributed by atoms with Gasteiger partial charge in [-0.2, -0.15) is 4.31 Å². The van der Waals surface area contributed by atoms with E-state index in [9.17, 15) is 13.2 Å². The zero-order valence-electron chi connectivity index (χ0n) is 20.7. The van der Waals surface area contributed by atoms with Gasteiger partial charge in [-0.25, -0.2) is 13.4 Å². The molecule has 3 heterocycles. The van der Waals surface area contributed by atoms with Gasteiger partial charge in [0.15, 0.2) is 0 Å². The third-order valence-corrected chi connectivity index (χ3v) is 9.48. The molecule has 2 saturated heterocycles. The summed E-state index contributed by atoms with van der Waals surface area (Å²) in [4.78, 5) is 19.7. The molecule has 0 saturated carbocycles. The first-order valence-electron chi connectivity index (χ1n) is 12.3. The second-order valence-electron chi connectivity index (χ2n) is 9.61. The molecule has 0 bridgehead atoms. The Morgan fingerprint density at radius 1 is 1.06 bits per heavy atom. The zero-order valence-corrected chi connectivity index (χ0v) is 22.3. The van der Waals surface area contributed by atoms with E-state index in [4.69, 9.17) is 9.47 Å². The fraction of sp³-hybridized carbons (Fsp3) is 0.462. The molecule has 2 aliphatic rings. The Bertz CT molecular complexity index is 1340. The van der Waals surface area contributed by atoms with Gasteiger partial charge in [-0.3, -0.25) is 4.79 Å². The minimum atomic E-state index is -3.64. The highest BCUT2D eigenvalue weighted by Crippen LogP contribution is 2.31. The first-order chi connectivity index (χ1) is 17.2. The van der Waals surface area contributed by atoms with Gasteiger partial charge in [0.1, 0.15) is 6.10 Å². The Kier molecular flexibility index (Phi) is 7.04. The highest BCUT2D eigenvalue weighted by molar-refractivity contribution is 7.89. The number of fused-ring (bicyclic) bond motifs is 1. The number of thiazole rings is 1. The molecule has 1 amide bonds. The Labute approximate surface area is 215 Å². The molecular formula is C26H31N3O5S2. The molecule has 2 aromatic carbocycles. The maximum Gasteiger partial charge on any atom is 0.274 e. The fourth-order valence-electron chi connectivity index (χ4n) is 4.86. The molecule has 2 atom stereocenters. The van der Waals surface area contributed by atoms with Crippen LogP contribution in [0.1, 0.15) is 42.6 Å². The lowest BCUT2D eigenvalue weighted by Gasteiger charge is -2.34. The normalized spacial score (nSPS) is 22.1. The quantitative estimate of drug-likeness (QED) is 0.495. The maximum absolute atomic E-state index is 13.1. The van der Waals surface area contributed by atoms with Crippen molar-refractivity contribution in [3.8, 4) is 5.19 Å². The smallest absolute Gasteiger partial charge is 0.274 e. The number of hydrogen-bond donors (Lipinski definition) is 0. The van der Waals surface area contributed by atoms with Gasteiger partial charge in [0.2, 0.25) is 10.0 Å². The van der Waals surface area contributed by atoms with E-state index in [1.807, 2.05) is 39.0 Å². The van der Waals surface area contributed by atoms with E-state index in [1.54, 1.807) is 28.4 Å². The van der Waals surface area contributed by atoms with E-state index in [0.29, 0.717) is 36.9 Å². The van der Waals surface area contributed by atoms with E-state index in [2.05, 4.69) is 4.98 Å². The molecule has 0 radical (unpaired) electrons. The van der Waals surface area contributed by atoms with Crippen molar-refractivity contribution < 1.29 is 22.7 Å². The van der Waals surface area contributed by atoms with Crippen molar-refractivity contribution in [3.63, 3.8) is 0 Å². The van der Waals surface area contributed by atoms with Crippen molar-refractivity contribution in [1.29, 1.82) is 0 Å². The largest absolute Gasteiger partial charge is 0.467 e. The molecule has 2 aliphatic heterocycles. The SMILES string of the molecule is Cc1cccc2sc(OC3CCN(C(=O)c4ccc(S(=O)(=O)N5CC(C)OC(C)C5)cc4)CC3)nc12. The van der Waals surface area contributed by atoms with Crippen LogP contribution in [0.5, 0.6) is 5.19 Å². The topological polar surface area (TPSA) is 89.0 Å². The number of rotatable bonds is 5. The Hall–Kier alpha value is -2.53. The molecule has 2 unspecified atom stereocenters. The Balaban J connectivity index is 1.19. The van der Waals surface area contributed by atoms with E-state index in [-0.39, 0.29) is 29.1 Å². The van der Waals surface area contributed by atoms with Gasteiger partial charge in [-0.1, -0.05) is 23.5 Å². The molecule has 8 nitrogen and oxygen atoms in total. The van der Waals surface area contributed by atoms with Gasteiger partial charge < -0.3 is 14.4 Å².